The summed E-state index contributed by atoms with van der Waals surface area (Å²) < 4.78 is 11.9. The molecule has 3 amide bonds. The first-order valence-electron chi connectivity index (χ1n) is 18.2. The molecule has 1 N–H and O–H groups in total. The van der Waals surface area contributed by atoms with Crippen molar-refractivity contribution in [2.45, 2.75) is 77.0 Å². The quantitative estimate of drug-likeness (QED) is 0.253. The maximum absolute atomic E-state index is 15.2. The number of piperazine rings is 1. The number of nitrogens with zero attached hydrogens (tertiary/aromatic N) is 5. The van der Waals surface area contributed by atoms with Gasteiger partial charge < -0.3 is 19.7 Å². The van der Waals surface area contributed by atoms with Crippen LogP contribution in [0.4, 0.5) is 4.79 Å². The molecule has 1 aromatic heterocycles. The van der Waals surface area contributed by atoms with Gasteiger partial charge in [0.2, 0.25) is 5.91 Å². The molecule has 0 aliphatic carbocycles. The van der Waals surface area contributed by atoms with E-state index in [4.69, 9.17) is 42.7 Å². The largest absolute Gasteiger partial charge is 0.493 e. The Morgan fingerprint density at radius 1 is 0.981 bits per heavy atom. The lowest BCUT2D eigenvalue weighted by atomic mass is 9.71. The van der Waals surface area contributed by atoms with Crippen LogP contribution in [0.3, 0.4) is 0 Å². The highest BCUT2D eigenvalue weighted by Gasteiger charge is 2.60. The summed E-state index contributed by atoms with van der Waals surface area (Å²) in [4.78, 5) is 44.2. The second-order valence-electron chi connectivity index (χ2n) is 15.2. The number of hydrogen-bond acceptors (Lipinski definition) is 7. The van der Waals surface area contributed by atoms with Gasteiger partial charge in [0, 0.05) is 72.7 Å². The van der Waals surface area contributed by atoms with Gasteiger partial charge >= 0.3 is 6.03 Å². The van der Waals surface area contributed by atoms with Gasteiger partial charge in [0.1, 0.15) is 22.7 Å². The van der Waals surface area contributed by atoms with E-state index in [0.717, 1.165) is 36.3 Å². The van der Waals surface area contributed by atoms with Crippen LogP contribution in [-0.4, -0.2) is 96.0 Å². The molecule has 0 radical (unpaired) electrons. The van der Waals surface area contributed by atoms with Crippen molar-refractivity contribution in [1.82, 2.24) is 25.0 Å². The Balaban J connectivity index is 1.39. The molecule has 0 bridgehead atoms. The van der Waals surface area contributed by atoms with E-state index >= 15 is 4.79 Å². The summed E-state index contributed by atoms with van der Waals surface area (Å²) in [5.74, 6) is 1.04. The number of carbonyl (C=O) groups is 2. The van der Waals surface area contributed by atoms with Crippen molar-refractivity contribution in [3.8, 4) is 5.75 Å². The zero-order chi connectivity index (χ0) is 37.3. The number of amidine groups is 1. The summed E-state index contributed by atoms with van der Waals surface area (Å²) in [6, 6.07) is 17.0. The number of carbonyl (C=O) groups excluding carboxylic acids is 2. The average molecular weight is 750 g/mol. The summed E-state index contributed by atoms with van der Waals surface area (Å²) in [5.41, 5.74) is 0.997. The molecule has 3 atom stereocenters. The molecule has 3 aliphatic rings. The third-order valence-corrected chi connectivity index (χ3v) is 11.2. The summed E-state index contributed by atoms with van der Waals surface area (Å²) in [6.07, 6.45) is 3.87. The second-order valence-corrected chi connectivity index (χ2v) is 16.0. The number of amides is 3. The fourth-order valence-corrected chi connectivity index (χ4v) is 7.64. The highest BCUT2D eigenvalue weighted by atomic mass is 35.5. The number of nitrogens with one attached hydrogen (secondary N) is 1. The van der Waals surface area contributed by atoms with Crippen molar-refractivity contribution in [2.24, 2.45) is 4.99 Å². The highest BCUT2D eigenvalue weighted by molar-refractivity contribution is 6.30. The van der Waals surface area contributed by atoms with Crippen molar-refractivity contribution in [1.29, 1.82) is 0 Å². The maximum Gasteiger partial charge on any atom is 0.326 e. The van der Waals surface area contributed by atoms with Gasteiger partial charge in [-0.15, -0.1) is 0 Å². The topological polar surface area (TPSA) is 99.6 Å². The van der Waals surface area contributed by atoms with Gasteiger partial charge in [-0.3, -0.25) is 24.6 Å². The molecule has 278 valence electrons. The molecular weight excluding hydrogens is 699 g/mol. The van der Waals surface area contributed by atoms with Crippen molar-refractivity contribution < 1.29 is 19.1 Å². The van der Waals surface area contributed by atoms with E-state index in [2.05, 4.69) is 44.8 Å². The molecule has 12 heteroatoms. The minimum Gasteiger partial charge on any atom is -0.493 e. The number of rotatable bonds is 9. The predicted molar refractivity (Wildman–Crippen MR) is 205 cm³/mol. The lowest BCUT2D eigenvalue weighted by Crippen LogP contribution is -2.61. The van der Waals surface area contributed by atoms with Crippen molar-refractivity contribution in [3.63, 3.8) is 0 Å². The average Bonchev–Trinajstić information content (AvgIpc) is 3.73. The van der Waals surface area contributed by atoms with Crippen LogP contribution in [0, 0.1) is 0 Å². The van der Waals surface area contributed by atoms with Crippen LogP contribution in [0.25, 0.3) is 0 Å². The second kappa shape index (κ2) is 15.3. The monoisotopic (exact) mass is 748 g/mol. The molecule has 2 aromatic carbocycles. The fourth-order valence-electron chi connectivity index (χ4n) is 7.39. The smallest absolute Gasteiger partial charge is 0.326 e. The van der Waals surface area contributed by atoms with Gasteiger partial charge in [0.25, 0.3) is 0 Å². The summed E-state index contributed by atoms with van der Waals surface area (Å²) in [7, 11) is 0. The van der Waals surface area contributed by atoms with Gasteiger partial charge in [-0.1, -0.05) is 68.2 Å². The summed E-state index contributed by atoms with van der Waals surface area (Å²) >= 11 is 12.8. The molecule has 2 saturated heterocycles. The van der Waals surface area contributed by atoms with E-state index in [1.807, 2.05) is 71.3 Å². The van der Waals surface area contributed by atoms with Crippen LogP contribution < -0.4 is 10.1 Å². The number of ether oxygens (including phenoxy) is 2. The Hall–Kier alpha value is -3.70. The van der Waals surface area contributed by atoms with E-state index in [-0.39, 0.29) is 30.0 Å². The minimum atomic E-state index is -1.04. The third-order valence-electron chi connectivity index (χ3n) is 10.7. The Morgan fingerprint density at radius 3 is 2.19 bits per heavy atom. The van der Waals surface area contributed by atoms with E-state index in [9.17, 15) is 4.79 Å². The van der Waals surface area contributed by atoms with Gasteiger partial charge in [0.15, 0.2) is 0 Å². The van der Waals surface area contributed by atoms with E-state index < -0.39 is 11.1 Å². The molecule has 10 nitrogen and oxygen atoms in total. The number of halogens is 2. The van der Waals surface area contributed by atoms with Gasteiger partial charge in [-0.05, 0) is 69.0 Å². The SMILES string of the molecule is CCOc1cc(C(C)(C)C)ncc1C1=N[C@@](C)(c2ccc(Cl)cc2)[C@@](C)(c2ccc(Cl)cc2)N1C(=O)N1CCN(CC(=O)NCC2CCCO2)CC1. The van der Waals surface area contributed by atoms with Crippen molar-refractivity contribution >= 4 is 41.0 Å². The Kier molecular flexibility index (Phi) is 11.2. The first-order chi connectivity index (χ1) is 24.7. The van der Waals surface area contributed by atoms with E-state index in [1.165, 1.54) is 0 Å². The Labute approximate surface area is 317 Å². The summed E-state index contributed by atoms with van der Waals surface area (Å²) in [6.45, 7) is 16.3. The number of aliphatic imine (C=N–C) groups is 1. The predicted octanol–water partition coefficient (Wildman–Crippen LogP) is 7.01. The molecule has 52 heavy (non-hydrogen) atoms. The standard InChI is InChI=1S/C40H50Cl2N6O4/c1-7-51-33-23-34(38(2,3)4)43-25-32(33)36-45-39(5,27-10-14-29(41)15-11-27)40(6,28-12-16-30(42)17-13-28)48(36)37(50)47-20-18-46(19-21-47)26-35(49)44-24-31-9-8-22-52-31/h10-17,23,25,31H,7-9,18-22,24,26H2,1-6H3,(H,44,49)/t31?,39-,40+/m0/s1. The van der Waals surface area contributed by atoms with Gasteiger partial charge in [-0.25, -0.2) is 4.79 Å². The zero-order valence-electron chi connectivity index (χ0n) is 31.0. The lowest BCUT2D eigenvalue weighted by Gasteiger charge is -2.47. The van der Waals surface area contributed by atoms with Crippen LogP contribution in [0.5, 0.6) is 5.75 Å². The number of hydrogen-bond donors (Lipinski definition) is 1. The van der Waals surface area contributed by atoms with E-state index in [1.54, 1.807) is 6.20 Å². The number of pyridine rings is 1. The van der Waals surface area contributed by atoms with Crippen LogP contribution in [0.2, 0.25) is 10.0 Å². The third kappa shape index (κ3) is 7.53. The van der Waals surface area contributed by atoms with Crippen LogP contribution in [0.1, 0.15) is 76.8 Å². The normalized spacial score (nSPS) is 23.8. The molecule has 0 spiro atoms. The van der Waals surface area contributed by atoms with Gasteiger partial charge in [0.05, 0.1) is 24.8 Å². The molecule has 3 aliphatic heterocycles. The lowest BCUT2D eigenvalue weighted by molar-refractivity contribution is -0.123. The Morgan fingerprint density at radius 2 is 1.62 bits per heavy atom. The highest BCUT2D eigenvalue weighted by Crippen LogP contribution is 2.54. The van der Waals surface area contributed by atoms with Crippen LogP contribution in [-0.2, 0) is 26.0 Å². The molecule has 3 aromatic rings. The number of urea groups is 1. The molecule has 0 saturated carbocycles. The van der Waals surface area contributed by atoms with Crippen LogP contribution in [0.15, 0.2) is 65.8 Å². The van der Waals surface area contributed by atoms with Crippen molar-refractivity contribution in [3.05, 3.63) is 93.2 Å². The van der Waals surface area contributed by atoms with Gasteiger partial charge in [-0.2, -0.15) is 0 Å². The van der Waals surface area contributed by atoms with Crippen LogP contribution >= 0.6 is 23.2 Å². The Bertz CT molecular complexity index is 1780. The molecular formula is C40H50Cl2N6O4. The first-order valence-corrected chi connectivity index (χ1v) is 19.0. The number of benzene rings is 2. The molecule has 1 unspecified atom stereocenters. The zero-order valence-corrected chi connectivity index (χ0v) is 32.6. The summed E-state index contributed by atoms with van der Waals surface area (Å²) in [5, 5.41) is 4.22. The van der Waals surface area contributed by atoms with E-state index in [0.29, 0.717) is 66.5 Å². The van der Waals surface area contributed by atoms with Crippen molar-refractivity contribution in [2.75, 3.05) is 52.5 Å². The minimum absolute atomic E-state index is 0.0343. The molecule has 4 heterocycles. The fraction of sp³-hybridized carbons (Fsp3) is 0.500. The molecule has 2 fully saturated rings. The maximum atomic E-state index is 15.2. The number of aromatic nitrogens is 1. The first kappa shape index (κ1) is 38.0. The molecule has 6 rings (SSSR count).